The first-order chi connectivity index (χ1) is 16.6. The molecule has 3 aromatic carbocycles. The van der Waals surface area contributed by atoms with Gasteiger partial charge in [-0.15, -0.1) is 0 Å². The normalized spacial score (nSPS) is 16.3. The third-order valence-electron chi connectivity index (χ3n) is 5.39. The molecule has 35 heavy (non-hydrogen) atoms. The number of carbonyl (C=O) groups excluding carboxylic acids is 1. The number of rotatable bonds is 8. The Labute approximate surface area is 196 Å². The first kappa shape index (κ1) is 24.9. The zero-order chi connectivity index (χ0) is 25.3. The summed E-state index contributed by atoms with van der Waals surface area (Å²) in [5.41, 5.74) is 0. The summed E-state index contributed by atoms with van der Waals surface area (Å²) in [5, 5.41) is 3.22. The zero-order valence-corrected chi connectivity index (χ0v) is 19.1. The fraction of sp³-hybridized carbons (Fsp3) is 0.261. The molecule has 1 saturated carbocycles. The molecular weight excluding hydrogens is 496 g/mol. The highest BCUT2D eigenvalue weighted by Gasteiger charge is 2.39. The van der Waals surface area contributed by atoms with Gasteiger partial charge in [-0.3, -0.25) is 4.79 Å². The topological polar surface area (TPSA) is 73.9 Å². The van der Waals surface area contributed by atoms with Gasteiger partial charge in [0.05, 0.1) is 0 Å². The highest BCUT2D eigenvalue weighted by atomic mass is 31.2. The second kappa shape index (κ2) is 9.83. The first-order valence-electron chi connectivity index (χ1n) is 10.6. The van der Waals surface area contributed by atoms with E-state index in [1.165, 1.54) is 19.1 Å². The van der Waals surface area contributed by atoms with Crippen molar-refractivity contribution in [3.05, 3.63) is 71.6 Å². The summed E-state index contributed by atoms with van der Waals surface area (Å²) >= 11 is 0. The monoisotopic (exact) mass is 515 g/mol. The summed E-state index contributed by atoms with van der Waals surface area (Å²) in [6, 6.07) is 9.82. The molecule has 12 heteroatoms. The average Bonchev–Trinajstić information content (AvgIpc) is 2.81. The van der Waals surface area contributed by atoms with Crippen molar-refractivity contribution < 1.29 is 45.1 Å². The van der Waals surface area contributed by atoms with Gasteiger partial charge in [-0.2, -0.15) is 13.9 Å². The Morgan fingerprint density at radius 3 is 2.14 bits per heavy atom. The van der Waals surface area contributed by atoms with Crippen molar-refractivity contribution in [3.8, 4) is 11.5 Å². The molecule has 1 fully saturated rings. The Kier molecular flexibility index (Phi) is 7.00. The third-order valence-corrected chi connectivity index (χ3v) is 6.95. The number of benzene rings is 3. The molecule has 3 aromatic rings. The quantitative estimate of drug-likeness (QED) is 0.127. The van der Waals surface area contributed by atoms with Crippen molar-refractivity contribution in [1.82, 2.24) is 5.09 Å². The van der Waals surface area contributed by atoms with Crippen LogP contribution in [-0.4, -0.2) is 18.1 Å². The van der Waals surface area contributed by atoms with E-state index < -0.39 is 54.6 Å². The number of ether oxygens (including phenoxy) is 1. The van der Waals surface area contributed by atoms with Crippen LogP contribution in [0.3, 0.4) is 0 Å². The average molecular weight is 515 g/mol. The van der Waals surface area contributed by atoms with E-state index in [2.05, 4.69) is 5.09 Å². The Morgan fingerprint density at radius 2 is 1.51 bits per heavy atom. The zero-order valence-electron chi connectivity index (χ0n) is 18.2. The molecule has 1 aliphatic carbocycles. The van der Waals surface area contributed by atoms with Gasteiger partial charge >= 0.3 is 13.7 Å². The fourth-order valence-corrected chi connectivity index (χ4v) is 4.85. The summed E-state index contributed by atoms with van der Waals surface area (Å²) in [4.78, 5) is 12.4. The van der Waals surface area contributed by atoms with Gasteiger partial charge in [0.25, 0.3) is 0 Å². The molecule has 0 spiro atoms. The van der Waals surface area contributed by atoms with Crippen molar-refractivity contribution in [3.63, 3.8) is 0 Å². The molecule has 1 aliphatic rings. The lowest BCUT2D eigenvalue weighted by Crippen LogP contribution is -2.39. The van der Waals surface area contributed by atoms with E-state index in [4.69, 9.17) is 13.8 Å². The second-order valence-corrected chi connectivity index (χ2v) is 9.52. The smallest absolute Gasteiger partial charge is 0.461 e. The minimum Gasteiger partial charge on any atom is -0.461 e. The number of fused-ring (bicyclic) bond motifs is 1. The molecule has 186 valence electrons. The van der Waals surface area contributed by atoms with Gasteiger partial charge in [0, 0.05) is 5.39 Å². The number of carbonyl (C=O) groups is 1. The Morgan fingerprint density at radius 1 is 0.914 bits per heavy atom. The molecule has 0 aromatic heterocycles. The van der Waals surface area contributed by atoms with Gasteiger partial charge in [-0.1, -0.05) is 36.4 Å². The second-order valence-electron chi connectivity index (χ2n) is 7.90. The summed E-state index contributed by atoms with van der Waals surface area (Å²) in [6.07, 6.45) is 1.82. The van der Waals surface area contributed by atoms with Crippen molar-refractivity contribution in [2.24, 2.45) is 0 Å². The molecule has 0 amide bonds. The number of halogens is 5. The Bertz CT molecular complexity index is 1300. The van der Waals surface area contributed by atoms with E-state index in [0.29, 0.717) is 23.6 Å². The van der Waals surface area contributed by atoms with Crippen LogP contribution in [0, 0.1) is 29.1 Å². The highest BCUT2D eigenvalue weighted by molar-refractivity contribution is 7.52. The van der Waals surface area contributed by atoms with E-state index in [9.17, 15) is 31.3 Å². The lowest BCUT2D eigenvalue weighted by atomic mass is 9.96. The molecule has 0 aliphatic heterocycles. The molecular formula is C23H19F5NO5P. The molecule has 0 heterocycles. The SMILES string of the molecule is C[C@H](NP(=O)(Oc1c(F)c(F)c(F)c(F)c1F)Oc1cccc2ccccc12)C(=O)OC1CCC1. The van der Waals surface area contributed by atoms with E-state index in [-0.39, 0.29) is 11.9 Å². The largest absolute Gasteiger partial charge is 0.513 e. The maximum atomic E-state index is 14.3. The molecule has 6 nitrogen and oxygen atoms in total. The minimum atomic E-state index is -5.01. The summed E-state index contributed by atoms with van der Waals surface area (Å²) in [6.45, 7) is 1.22. The van der Waals surface area contributed by atoms with Crippen molar-refractivity contribution in [2.45, 2.75) is 38.3 Å². The minimum absolute atomic E-state index is 0.0950. The van der Waals surface area contributed by atoms with Crippen LogP contribution in [0.1, 0.15) is 26.2 Å². The Hall–Kier alpha value is -3.17. The van der Waals surface area contributed by atoms with Crippen LogP contribution in [-0.2, 0) is 14.1 Å². The number of esters is 1. The summed E-state index contributed by atoms with van der Waals surface area (Å²) in [5.74, 6) is -14.5. The first-order valence-corrected chi connectivity index (χ1v) is 12.1. The van der Waals surface area contributed by atoms with Crippen LogP contribution in [0.5, 0.6) is 11.5 Å². The number of nitrogens with one attached hydrogen (secondary N) is 1. The van der Waals surface area contributed by atoms with Gasteiger partial charge in [-0.25, -0.2) is 17.7 Å². The highest BCUT2D eigenvalue weighted by Crippen LogP contribution is 2.49. The predicted octanol–water partition coefficient (Wildman–Crippen LogP) is 6.18. The van der Waals surface area contributed by atoms with Gasteiger partial charge in [0.2, 0.25) is 34.8 Å². The molecule has 1 unspecified atom stereocenters. The van der Waals surface area contributed by atoms with E-state index >= 15 is 0 Å². The van der Waals surface area contributed by atoms with Crippen LogP contribution >= 0.6 is 7.75 Å². The molecule has 2 atom stereocenters. The molecule has 0 saturated heterocycles. The van der Waals surface area contributed by atoms with Crippen LogP contribution in [0.4, 0.5) is 22.0 Å². The van der Waals surface area contributed by atoms with E-state index in [0.717, 1.165) is 6.42 Å². The lowest BCUT2D eigenvalue weighted by Gasteiger charge is -2.28. The number of hydrogen-bond acceptors (Lipinski definition) is 5. The van der Waals surface area contributed by atoms with Gasteiger partial charge < -0.3 is 13.8 Å². The van der Waals surface area contributed by atoms with E-state index in [1.54, 1.807) is 30.3 Å². The van der Waals surface area contributed by atoms with Gasteiger partial charge in [-0.05, 0) is 37.6 Å². The van der Waals surface area contributed by atoms with Crippen LogP contribution in [0.25, 0.3) is 10.8 Å². The third kappa shape index (κ3) is 5.11. The van der Waals surface area contributed by atoms with Crippen molar-refractivity contribution in [2.75, 3.05) is 0 Å². The lowest BCUT2D eigenvalue weighted by molar-refractivity contribution is -0.154. The molecule has 0 bridgehead atoms. The molecule has 4 rings (SSSR count). The standard InChI is InChI=1S/C23H19F5NO5P/c1-12(23(30)32-14-8-5-9-14)29-35(31,33-16-11-4-7-13-6-2-3-10-15(13)16)34-22-20(27)18(25)17(24)19(26)21(22)28/h2-4,6-7,10-12,14H,5,8-9H2,1H3,(H,29,31)/t12-,35?/m0/s1. The maximum Gasteiger partial charge on any atom is 0.513 e. The van der Waals surface area contributed by atoms with Crippen LogP contribution < -0.4 is 14.1 Å². The Balaban J connectivity index is 1.72. The molecule has 1 N–H and O–H groups in total. The van der Waals surface area contributed by atoms with Gasteiger partial charge in [0.1, 0.15) is 17.9 Å². The predicted molar refractivity (Wildman–Crippen MR) is 115 cm³/mol. The van der Waals surface area contributed by atoms with E-state index in [1.807, 2.05) is 0 Å². The number of hydrogen-bond donors (Lipinski definition) is 1. The summed E-state index contributed by atoms with van der Waals surface area (Å²) in [7, 11) is -5.01. The van der Waals surface area contributed by atoms with Gasteiger partial charge in [0.15, 0.2) is 0 Å². The van der Waals surface area contributed by atoms with Crippen LogP contribution in [0.2, 0.25) is 0 Å². The van der Waals surface area contributed by atoms with Crippen molar-refractivity contribution >= 4 is 24.5 Å². The fourth-order valence-electron chi connectivity index (χ4n) is 3.31. The van der Waals surface area contributed by atoms with Crippen LogP contribution in [0.15, 0.2) is 42.5 Å². The maximum absolute atomic E-state index is 14.3. The molecule has 0 radical (unpaired) electrons. The summed E-state index contributed by atoms with van der Waals surface area (Å²) < 4.78 is 98.7. The van der Waals surface area contributed by atoms with Crippen molar-refractivity contribution in [1.29, 1.82) is 0 Å².